The summed E-state index contributed by atoms with van der Waals surface area (Å²) in [5.41, 5.74) is 2.63. The number of para-hydroxylation sites is 1. The quantitative estimate of drug-likeness (QED) is 0.550. The lowest BCUT2D eigenvalue weighted by molar-refractivity contribution is -0.119. The molecule has 0 bridgehead atoms. The first-order chi connectivity index (χ1) is 15.1. The van der Waals surface area contributed by atoms with Crippen LogP contribution >= 0.6 is 0 Å². The van der Waals surface area contributed by atoms with Crippen molar-refractivity contribution in [3.05, 3.63) is 72.3 Å². The van der Waals surface area contributed by atoms with E-state index in [0.717, 1.165) is 11.1 Å². The molecular weight excluding hydrogens is 398 g/mol. The number of benzene rings is 3. The first-order valence-corrected chi connectivity index (χ1v) is 9.48. The number of amides is 1. The van der Waals surface area contributed by atoms with Crippen molar-refractivity contribution in [2.45, 2.75) is 0 Å². The minimum Gasteiger partial charge on any atom is -0.493 e. The SMILES string of the molecule is COc1cc(C(=O)OCC(=O)Nc2ccccc2-c2ccccc2)cc(OC)c1OC. The molecule has 0 heterocycles. The largest absolute Gasteiger partial charge is 0.493 e. The molecule has 3 aromatic carbocycles. The van der Waals surface area contributed by atoms with Gasteiger partial charge in [-0.2, -0.15) is 0 Å². The number of carbonyl (C=O) groups is 2. The van der Waals surface area contributed by atoms with Crippen molar-refractivity contribution in [3.63, 3.8) is 0 Å². The van der Waals surface area contributed by atoms with E-state index in [2.05, 4.69) is 5.32 Å². The van der Waals surface area contributed by atoms with Gasteiger partial charge in [-0.15, -0.1) is 0 Å². The molecule has 0 unspecified atom stereocenters. The standard InChI is InChI=1S/C24H23NO6/c1-28-20-13-17(14-21(29-2)23(20)30-3)24(27)31-15-22(26)25-19-12-8-7-11-18(19)16-9-5-4-6-10-16/h4-14H,15H2,1-3H3,(H,25,26). The number of hydrogen-bond donors (Lipinski definition) is 1. The predicted molar refractivity (Wildman–Crippen MR) is 117 cm³/mol. The molecule has 31 heavy (non-hydrogen) atoms. The number of rotatable bonds is 8. The van der Waals surface area contributed by atoms with E-state index in [1.807, 2.05) is 48.5 Å². The number of esters is 1. The molecule has 0 spiro atoms. The molecule has 1 amide bonds. The van der Waals surface area contributed by atoms with Crippen molar-refractivity contribution in [2.75, 3.05) is 33.3 Å². The topological polar surface area (TPSA) is 83.1 Å². The van der Waals surface area contributed by atoms with Crippen LogP contribution < -0.4 is 19.5 Å². The zero-order valence-electron chi connectivity index (χ0n) is 17.5. The highest BCUT2D eigenvalue weighted by Crippen LogP contribution is 2.38. The summed E-state index contributed by atoms with van der Waals surface area (Å²) < 4.78 is 20.9. The van der Waals surface area contributed by atoms with Crippen LogP contribution in [0.4, 0.5) is 5.69 Å². The molecule has 0 saturated heterocycles. The van der Waals surface area contributed by atoms with Gasteiger partial charge in [0.1, 0.15) is 0 Å². The summed E-state index contributed by atoms with van der Waals surface area (Å²) in [6, 6.07) is 20.0. The van der Waals surface area contributed by atoms with Gasteiger partial charge in [0.25, 0.3) is 5.91 Å². The Labute approximate surface area is 180 Å². The second-order valence-corrected chi connectivity index (χ2v) is 6.45. The number of nitrogens with one attached hydrogen (secondary N) is 1. The number of ether oxygens (including phenoxy) is 4. The minimum absolute atomic E-state index is 0.173. The molecule has 7 nitrogen and oxygen atoms in total. The van der Waals surface area contributed by atoms with E-state index in [-0.39, 0.29) is 5.56 Å². The molecule has 1 N–H and O–H groups in total. The lowest BCUT2D eigenvalue weighted by Crippen LogP contribution is -2.21. The molecule has 0 saturated carbocycles. The highest BCUT2D eigenvalue weighted by molar-refractivity contribution is 5.98. The van der Waals surface area contributed by atoms with Gasteiger partial charge in [-0.1, -0.05) is 48.5 Å². The second kappa shape index (κ2) is 10.2. The number of anilines is 1. The van der Waals surface area contributed by atoms with E-state index in [4.69, 9.17) is 18.9 Å². The Morgan fingerprint density at radius 1 is 0.806 bits per heavy atom. The normalized spacial score (nSPS) is 10.2. The smallest absolute Gasteiger partial charge is 0.338 e. The molecule has 0 aliphatic heterocycles. The monoisotopic (exact) mass is 421 g/mol. The summed E-state index contributed by atoms with van der Waals surface area (Å²) in [4.78, 5) is 24.9. The average Bonchev–Trinajstić information content (AvgIpc) is 2.82. The fourth-order valence-corrected chi connectivity index (χ4v) is 3.06. The van der Waals surface area contributed by atoms with E-state index in [1.54, 1.807) is 6.07 Å². The molecule has 0 aromatic heterocycles. The summed E-state index contributed by atoms with van der Waals surface area (Å²) in [5.74, 6) is -0.156. The molecule has 0 fully saturated rings. The summed E-state index contributed by atoms with van der Waals surface area (Å²) in [6.07, 6.45) is 0. The van der Waals surface area contributed by atoms with E-state index < -0.39 is 18.5 Å². The predicted octanol–water partition coefficient (Wildman–Crippen LogP) is 4.17. The van der Waals surface area contributed by atoms with E-state index in [1.165, 1.54) is 33.5 Å². The molecule has 3 aromatic rings. The Balaban J connectivity index is 1.69. The van der Waals surface area contributed by atoms with Gasteiger partial charge in [0, 0.05) is 11.3 Å². The van der Waals surface area contributed by atoms with Gasteiger partial charge in [0.2, 0.25) is 5.75 Å². The molecule has 0 aliphatic rings. The number of methoxy groups -OCH3 is 3. The van der Waals surface area contributed by atoms with Crippen LogP contribution in [0.15, 0.2) is 66.7 Å². The molecule has 3 rings (SSSR count). The Morgan fingerprint density at radius 3 is 2.03 bits per heavy atom. The van der Waals surface area contributed by atoms with Gasteiger partial charge in [-0.3, -0.25) is 4.79 Å². The molecule has 0 atom stereocenters. The van der Waals surface area contributed by atoms with E-state index >= 15 is 0 Å². The third-order valence-corrected chi connectivity index (χ3v) is 4.52. The van der Waals surface area contributed by atoms with Crippen LogP contribution in [0.25, 0.3) is 11.1 Å². The minimum atomic E-state index is -0.689. The van der Waals surface area contributed by atoms with Crippen LogP contribution in [0.2, 0.25) is 0 Å². The van der Waals surface area contributed by atoms with Crippen LogP contribution in [0, 0.1) is 0 Å². The Bertz CT molecular complexity index is 1040. The van der Waals surface area contributed by atoms with Crippen LogP contribution in [-0.2, 0) is 9.53 Å². The first-order valence-electron chi connectivity index (χ1n) is 9.48. The highest BCUT2D eigenvalue weighted by atomic mass is 16.5. The van der Waals surface area contributed by atoms with Crippen molar-refractivity contribution in [2.24, 2.45) is 0 Å². The van der Waals surface area contributed by atoms with Gasteiger partial charge in [0.15, 0.2) is 18.1 Å². The maximum atomic E-state index is 12.5. The van der Waals surface area contributed by atoms with Crippen molar-refractivity contribution in [1.82, 2.24) is 0 Å². The van der Waals surface area contributed by atoms with Gasteiger partial charge in [-0.25, -0.2) is 4.79 Å². The third kappa shape index (κ3) is 5.14. The number of carbonyl (C=O) groups excluding carboxylic acids is 2. The molecule has 160 valence electrons. The fraction of sp³-hybridized carbons (Fsp3) is 0.167. The van der Waals surface area contributed by atoms with Crippen molar-refractivity contribution in [1.29, 1.82) is 0 Å². The van der Waals surface area contributed by atoms with Crippen LogP contribution in [0.3, 0.4) is 0 Å². The lowest BCUT2D eigenvalue weighted by atomic mass is 10.0. The van der Waals surface area contributed by atoms with Crippen LogP contribution in [-0.4, -0.2) is 39.8 Å². The van der Waals surface area contributed by atoms with Crippen molar-refractivity contribution >= 4 is 17.6 Å². The van der Waals surface area contributed by atoms with Gasteiger partial charge in [0.05, 0.1) is 26.9 Å². The summed E-state index contributed by atoms with van der Waals surface area (Å²) in [5, 5.41) is 2.79. The van der Waals surface area contributed by atoms with Gasteiger partial charge in [-0.05, 0) is 23.8 Å². The van der Waals surface area contributed by atoms with E-state index in [9.17, 15) is 9.59 Å². The fourth-order valence-electron chi connectivity index (χ4n) is 3.06. The van der Waals surface area contributed by atoms with Crippen molar-refractivity contribution < 1.29 is 28.5 Å². The molecule has 7 heteroatoms. The third-order valence-electron chi connectivity index (χ3n) is 4.52. The molecule has 0 radical (unpaired) electrons. The summed E-state index contributed by atoms with van der Waals surface area (Å²) >= 11 is 0. The van der Waals surface area contributed by atoms with Gasteiger partial charge < -0.3 is 24.3 Å². The average molecular weight is 421 g/mol. The van der Waals surface area contributed by atoms with Gasteiger partial charge >= 0.3 is 5.97 Å². The zero-order valence-corrected chi connectivity index (χ0v) is 17.5. The number of hydrogen-bond acceptors (Lipinski definition) is 6. The second-order valence-electron chi connectivity index (χ2n) is 6.45. The molecular formula is C24H23NO6. The Hall–Kier alpha value is -4.00. The maximum absolute atomic E-state index is 12.5. The summed E-state index contributed by atoms with van der Waals surface area (Å²) in [6.45, 7) is -0.446. The van der Waals surface area contributed by atoms with Crippen LogP contribution in [0.1, 0.15) is 10.4 Å². The van der Waals surface area contributed by atoms with Crippen molar-refractivity contribution in [3.8, 4) is 28.4 Å². The Kier molecular flexibility index (Phi) is 7.11. The Morgan fingerprint density at radius 2 is 1.42 bits per heavy atom. The van der Waals surface area contributed by atoms with E-state index in [0.29, 0.717) is 22.9 Å². The highest BCUT2D eigenvalue weighted by Gasteiger charge is 2.19. The lowest BCUT2D eigenvalue weighted by Gasteiger charge is -2.14. The molecule has 0 aliphatic carbocycles. The first kappa shape index (κ1) is 21.7. The zero-order chi connectivity index (χ0) is 22.2. The van der Waals surface area contributed by atoms with Crippen LogP contribution in [0.5, 0.6) is 17.2 Å². The maximum Gasteiger partial charge on any atom is 0.338 e. The summed E-state index contributed by atoms with van der Waals surface area (Å²) in [7, 11) is 4.37.